The maximum Gasteiger partial charge on any atom is 0.403 e. The predicted octanol–water partition coefficient (Wildman–Crippen LogP) is 13.1. The summed E-state index contributed by atoms with van der Waals surface area (Å²) in [6.07, 6.45) is 5.44. The van der Waals surface area contributed by atoms with Gasteiger partial charge in [-0.3, -0.25) is 4.57 Å². The van der Waals surface area contributed by atoms with Crippen molar-refractivity contribution in [1.29, 1.82) is 0 Å². The van der Waals surface area contributed by atoms with Crippen molar-refractivity contribution in [2.45, 2.75) is 40.0 Å². The quantitative estimate of drug-likeness (QED) is 0.0906. The number of benzene rings is 8. The molecule has 9 heteroatoms. The van der Waals surface area contributed by atoms with Gasteiger partial charge in [-0.15, -0.1) is 29.7 Å². The molecular weight excluding hydrogens is 1040 g/mol. The predicted molar refractivity (Wildman–Crippen MR) is 281 cm³/mol. The van der Waals surface area contributed by atoms with E-state index >= 15 is 0 Å². The summed E-state index contributed by atoms with van der Waals surface area (Å²) >= 11 is 0. The number of rotatable bonds is 7. The van der Waals surface area contributed by atoms with Crippen LogP contribution >= 0.6 is 0 Å². The fraction of sp³-hybridized carbons (Fsp3) is 0.115. The van der Waals surface area contributed by atoms with Gasteiger partial charge in [0.05, 0.1) is 30.6 Å². The molecule has 0 fully saturated rings. The molecule has 0 unspecified atom stereocenters. The van der Waals surface area contributed by atoms with Crippen LogP contribution in [0, 0.1) is 32.3 Å². The topological polar surface area (TPSA) is 42.3 Å². The molecule has 7 nitrogen and oxygen atoms in total. The zero-order valence-electron chi connectivity index (χ0n) is 49.0. The van der Waals surface area contributed by atoms with Crippen LogP contribution in [0.5, 0.6) is 11.5 Å². The standard InChI is InChI=1S/C61H47BN6O.Pt/c1-39-17-15-18-40(2)57(39)62-64(6)52-31-32-53-59-60(52)68(62)51-30-28-45(69-44-27-29-49-48-23-13-14-26-50(48)67(54(49)36-44)56-35-43(33-34-63-56)61(3,4)5)37-55(51)66(59)38-65(53)58-46(41-19-9-7-10-20-41)24-16-25-47(58)42-21-11-8-12-22-42;/h7-35H,1-6H3;/q-2;/i7D,8D,9D,10D,11D,12D,19D,20D,21D,22D;. The van der Waals surface area contributed by atoms with Crippen LogP contribution in [-0.4, -0.2) is 28.1 Å². The molecule has 11 aromatic rings. The molecule has 13 rings (SSSR count). The number of anilines is 3. The summed E-state index contributed by atoms with van der Waals surface area (Å²) in [4.78, 5) is 9.38. The number of ether oxygens (including phenoxy) is 1. The van der Waals surface area contributed by atoms with Crippen molar-refractivity contribution < 1.29 is 44.1 Å². The number of aromatic nitrogens is 4. The maximum absolute atomic E-state index is 9.24. The molecule has 8 aromatic carbocycles. The number of hydrogen-bond donors (Lipinski definition) is 0. The zero-order chi connectivity index (χ0) is 55.4. The third kappa shape index (κ3) is 6.68. The number of fused-ring (bicyclic) bond motifs is 6. The Labute approximate surface area is 437 Å². The van der Waals surface area contributed by atoms with Gasteiger partial charge in [-0.2, -0.15) is 12.1 Å². The molecule has 0 amide bonds. The number of para-hydroxylation sites is 2. The first kappa shape index (κ1) is 33.8. The van der Waals surface area contributed by atoms with Gasteiger partial charge in [0, 0.05) is 50.0 Å². The molecule has 0 atom stereocenters. The summed E-state index contributed by atoms with van der Waals surface area (Å²) in [5.41, 5.74) is 10.5. The van der Waals surface area contributed by atoms with Crippen molar-refractivity contribution in [3.63, 3.8) is 0 Å². The van der Waals surface area contributed by atoms with E-state index in [4.69, 9.17) is 17.9 Å². The van der Waals surface area contributed by atoms with E-state index in [1.54, 1.807) is 22.8 Å². The van der Waals surface area contributed by atoms with Crippen molar-refractivity contribution >= 4 is 62.3 Å². The van der Waals surface area contributed by atoms with Crippen molar-refractivity contribution in [3.8, 4) is 50.9 Å². The molecule has 0 saturated heterocycles. The molecule has 0 aliphatic carbocycles. The summed E-state index contributed by atoms with van der Waals surface area (Å²) in [5, 5.41) is 2.02. The van der Waals surface area contributed by atoms with Crippen LogP contribution in [0.2, 0.25) is 0 Å². The third-order valence-corrected chi connectivity index (χ3v) is 13.6. The Kier molecular flexibility index (Phi) is 7.96. The number of hydrogen-bond acceptors (Lipinski definition) is 4. The fourth-order valence-corrected chi connectivity index (χ4v) is 10.4. The molecule has 2 aliphatic heterocycles. The number of pyridine rings is 1. The van der Waals surface area contributed by atoms with Crippen LogP contribution in [0.15, 0.2) is 176 Å². The van der Waals surface area contributed by atoms with Gasteiger partial charge in [-0.05, 0) is 94.9 Å². The molecular formula is C61H47BN6OPt-2. The Morgan fingerprint density at radius 3 is 2.07 bits per heavy atom. The SMILES string of the molecule is [2H]c1c([2H])c([2H])c(-c2cccc(-c3c([2H])c([2H])c([2H])c([2H])c3[2H])c2-[n+]2[c-]n3c4c5c(ccc42)N(C)B(c2c(C)cccc2C)N5c2ccc(Oc4[c-]c5c(cc4)c4ccccc4n5-c4cc(C(C)(C)C)ccn4)[c-]c2-3)c([2H])c1[2H].[Pt]. The minimum absolute atomic E-state index is 0. The minimum Gasteiger partial charge on any atom is -0.510 e. The van der Waals surface area contributed by atoms with Crippen LogP contribution in [0.4, 0.5) is 17.1 Å². The van der Waals surface area contributed by atoms with Gasteiger partial charge in [0.1, 0.15) is 11.3 Å². The molecule has 0 N–H and O–H groups in total. The van der Waals surface area contributed by atoms with Gasteiger partial charge in [-0.1, -0.05) is 164 Å². The van der Waals surface area contributed by atoms with E-state index in [1.165, 1.54) is 0 Å². The van der Waals surface area contributed by atoms with E-state index in [-0.39, 0.29) is 61.4 Å². The summed E-state index contributed by atoms with van der Waals surface area (Å²) in [6, 6.07) is 37.1. The van der Waals surface area contributed by atoms with Gasteiger partial charge in [-0.25, -0.2) is 4.98 Å². The fourth-order valence-electron chi connectivity index (χ4n) is 10.4. The largest absolute Gasteiger partial charge is 0.510 e. The number of imidazole rings is 1. The van der Waals surface area contributed by atoms with Gasteiger partial charge >= 0.3 is 6.98 Å². The van der Waals surface area contributed by atoms with Gasteiger partial charge in [0.25, 0.3) is 6.33 Å². The second-order valence-electron chi connectivity index (χ2n) is 18.7. The van der Waals surface area contributed by atoms with E-state index in [9.17, 15) is 5.48 Å². The normalized spacial score (nSPS) is 14.8. The minimum atomic E-state index is -0.574. The van der Waals surface area contributed by atoms with Gasteiger partial charge < -0.3 is 23.5 Å². The molecule has 70 heavy (non-hydrogen) atoms. The first-order valence-electron chi connectivity index (χ1n) is 27.8. The Morgan fingerprint density at radius 2 is 1.36 bits per heavy atom. The molecule has 0 spiro atoms. The molecule has 0 saturated carbocycles. The van der Waals surface area contributed by atoms with Crippen LogP contribution < -0.4 is 24.4 Å². The Balaban J connectivity index is 0.00000637. The second kappa shape index (κ2) is 16.5. The van der Waals surface area contributed by atoms with Crippen molar-refractivity contribution in [3.05, 3.63) is 211 Å². The first-order valence-corrected chi connectivity index (χ1v) is 22.8. The molecule has 342 valence electrons. The van der Waals surface area contributed by atoms with Crippen LogP contribution in [0.3, 0.4) is 0 Å². The molecule has 0 bridgehead atoms. The molecule has 0 radical (unpaired) electrons. The summed E-state index contributed by atoms with van der Waals surface area (Å²) in [6.45, 7) is 10.4. The second-order valence-corrected chi connectivity index (χ2v) is 18.7. The number of aryl methyl sites for hydroxylation is 2. The summed E-state index contributed by atoms with van der Waals surface area (Å²) < 4.78 is 101. The Bertz CT molecular complexity index is 4330. The smallest absolute Gasteiger partial charge is 0.403 e. The van der Waals surface area contributed by atoms with Crippen LogP contribution in [0.25, 0.3) is 72.3 Å². The van der Waals surface area contributed by atoms with Crippen molar-refractivity contribution in [2.24, 2.45) is 0 Å². The molecule has 3 aromatic heterocycles. The van der Waals surface area contributed by atoms with Crippen molar-refractivity contribution in [2.75, 3.05) is 16.7 Å². The van der Waals surface area contributed by atoms with Crippen molar-refractivity contribution in [1.82, 2.24) is 14.1 Å². The zero-order valence-corrected chi connectivity index (χ0v) is 41.2. The summed E-state index contributed by atoms with van der Waals surface area (Å²) in [5.74, 6) is 1.55. The maximum atomic E-state index is 9.24. The van der Waals surface area contributed by atoms with E-state index in [0.29, 0.717) is 28.2 Å². The monoisotopic (exact) mass is 1100 g/mol. The van der Waals surface area contributed by atoms with Gasteiger partial charge in [0.15, 0.2) is 0 Å². The van der Waals surface area contributed by atoms with E-state index in [2.05, 4.69) is 105 Å². The average Bonchev–Trinajstić information content (AvgIpc) is 4.24. The number of nitrogens with zero attached hydrogens (tertiary/aromatic N) is 6. The van der Waals surface area contributed by atoms with E-state index in [0.717, 1.165) is 66.8 Å². The van der Waals surface area contributed by atoms with Crippen LogP contribution in [-0.2, 0) is 26.5 Å². The van der Waals surface area contributed by atoms with Gasteiger partial charge in [0.2, 0.25) is 0 Å². The summed E-state index contributed by atoms with van der Waals surface area (Å²) in [7, 11) is 2.06. The first-order chi connectivity index (χ1) is 37.8. The molecule has 2 aliphatic rings. The average molecular weight is 1100 g/mol. The Hall–Kier alpha value is -7.67. The Morgan fingerprint density at radius 1 is 0.700 bits per heavy atom. The molecule has 5 heterocycles. The third-order valence-electron chi connectivity index (χ3n) is 13.6. The van der Waals surface area contributed by atoms with E-state index < -0.39 is 60.4 Å². The van der Waals surface area contributed by atoms with Crippen LogP contribution in [0.1, 0.15) is 51.2 Å². The van der Waals surface area contributed by atoms with E-state index in [1.807, 2.05) is 71.4 Å².